The van der Waals surface area contributed by atoms with Crippen LogP contribution in [0.4, 0.5) is 5.69 Å². The molecule has 2 aromatic heterocycles. The lowest BCUT2D eigenvalue weighted by Crippen LogP contribution is -2.74. The zero-order valence-corrected chi connectivity index (χ0v) is 16.5. The first kappa shape index (κ1) is 18.2. The van der Waals surface area contributed by atoms with Crippen molar-refractivity contribution in [3.8, 4) is 11.3 Å². The van der Waals surface area contributed by atoms with Crippen molar-refractivity contribution in [2.75, 3.05) is 11.9 Å². The summed E-state index contributed by atoms with van der Waals surface area (Å²) < 4.78 is 7.71. The summed E-state index contributed by atoms with van der Waals surface area (Å²) in [5.41, 5.74) is 7.75. The zero-order valence-electron chi connectivity index (χ0n) is 15.7. The number of imidazole rings is 1. The first-order valence-electron chi connectivity index (χ1n) is 9.10. The molecule has 1 saturated carbocycles. The molecule has 3 aromatic rings. The van der Waals surface area contributed by atoms with Gasteiger partial charge in [0, 0.05) is 47.5 Å². The molecule has 0 bridgehead atoms. The van der Waals surface area contributed by atoms with E-state index >= 15 is 0 Å². The molecule has 0 spiro atoms. The molecule has 2 atom stereocenters. The van der Waals surface area contributed by atoms with Gasteiger partial charge in [0.25, 0.3) is 0 Å². The lowest BCUT2D eigenvalue weighted by molar-refractivity contribution is -0.166. The number of rotatable bonds is 5. The van der Waals surface area contributed by atoms with Crippen LogP contribution in [0.25, 0.3) is 16.2 Å². The molecule has 6 nitrogen and oxygen atoms in total. The van der Waals surface area contributed by atoms with Gasteiger partial charge in [-0.3, -0.25) is 9.20 Å². The number of nitrogens with zero attached hydrogens (tertiary/aromatic N) is 2. The minimum absolute atomic E-state index is 0.00964. The van der Waals surface area contributed by atoms with Crippen LogP contribution in [-0.2, 0) is 9.53 Å². The highest BCUT2D eigenvalue weighted by molar-refractivity contribution is 7.15. The predicted octanol–water partition coefficient (Wildman–Crippen LogP) is 3.53. The molecule has 3 N–H and O–H groups in total. The van der Waals surface area contributed by atoms with Crippen molar-refractivity contribution in [1.82, 2.24) is 9.38 Å². The topological polar surface area (TPSA) is 81.6 Å². The van der Waals surface area contributed by atoms with Crippen LogP contribution in [-0.4, -0.2) is 33.5 Å². The lowest BCUT2D eigenvalue weighted by atomic mass is 9.54. The fourth-order valence-corrected chi connectivity index (χ4v) is 4.35. The van der Waals surface area contributed by atoms with E-state index in [0.717, 1.165) is 21.9 Å². The standard InChI is InChI=1S/C20H24N4O2S/c1-4-26-16-11-20(21,19(16,2)3)17(25)22-14-7-5-13(6-8-14)15-12-24-9-10-27-18(24)23-15/h5-10,12,16H,4,11,21H2,1-3H3,(H,22,25). The van der Waals surface area contributed by atoms with Gasteiger partial charge in [-0.1, -0.05) is 26.0 Å². The van der Waals surface area contributed by atoms with E-state index in [1.807, 2.05) is 67.2 Å². The second-order valence-corrected chi connectivity index (χ2v) is 8.46. The molecule has 7 heteroatoms. The molecular formula is C20H24N4O2S. The average molecular weight is 385 g/mol. The normalized spacial score (nSPS) is 23.9. The smallest absolute Gasteiger partial charge is 0.245 e. The van der Waals surface area contributed by atoms with Gasteiger partial charge < -0.3 is 15.8 Å². The minimum Gasteiger partial charge on any atom is -0.378 e. The van der Waals surface area contributed by atoms with E-state index < -0.39 is 11.0 Å². The number of ether oxygens (including phenoxy) is 1. The second kappa shape index (κ2) is 6.44. The van der Waals surface area contributed by atoms with Gasteiger partial charge in [0.05, 0.1) is 11.8 Å². The number of nitrogens with two attached hydrogens (primary N) is 1. The fraction of sp³-hybridized carbons (Fsp3) is 0.400. The molecular weight excluding hydrogens is 360 g/mol. The monoisotopic (exact) mass is 384 g/mol. The van der Waals surface area contributed by atoms with Crippen LogP contribution < -0.4 is 11.1 Å². The number of aromatic nitrogens is 2. The van der Waals surface area contributed by atoms with Gasteiger partial charge in [-0.2, -0.15) is 0 Å². The summed E-state index contributed by atoms with van der Waals surface area (Å²) in [6, 6.07) is 7.69. The van der Waals surface area contributed by atoms with Crippen LogP contribution in [0.2, 0.25) is 0 Å². The number of benzene rings is 1. The summed E-state index contributed by atoms with van der Waals surface area (Å²) in [5.74, 6) is -0.168. The maximum absolute atomic E-state index is 12.8. The van der Waals surface area contributed by atoms with Crippen LogP contribution in [0.3, 0.4) is 0 Å². The largest absolute Gasteiger partial charge is 0.378 e. The van der Waals surface area contributed by atoms with Crippen molar-refractivity contribution >= 4 is 27.9 Å². The Labute approximate surface area is 162 Å². The zero-order chi connectivity index (χ0) is 19.2. The van der Waals surface area contributed by atoms with Gasteiger partial charge in [-0.25, -0.2) is 4.98 Å². The Balaban J connectivity index is 1.47. The van der Waals surface area contributed by atoms with Crippen molar-refractivity contribution in [3.05, 3.63) is 42.0 Å². The number of thiazole rings is 1. The molecule has 1 amide bonds. The third-order valence-corrected chi connectivity index (χ3v) is 6.54. The number of carbonyl (C=O) groups excluding carboxylic acids is 1. The van der Waals surface area contributed by atoms with Crippen molar-refractivity contribution < 1.29 is 9.53 Å². The Kier molecular flexibility index (Phi) is 4.33. The summed E-state index contributed by atoms with van der Waals surface area (Å²) in [6.07, 6.45) is 4.53. The van der Waals surface area contributed by atoms with Crippen molar-refractivity contribution in [1.29, 1.82) is 0 Å². The number of amides is 1. The number of fused-ring (bicyclic) bond motifs is 1. The highest BCUT2D eigenvalue weighted by Gasteiger charge is 2.62. The maximum atomic E-state index is 12.8. The highest BCUT2D eigenvalue weighted by Crippen LogP contribution is 2.50. The van der Waals surface area contributed by atoms with Gasteiger partial charge in [0.1, 0.15) is 5.54 Å². The molecule has 0 radical (unpaired) electrons. The first-order valence-corrected chi connectivity index (χ1v) is 9.97. The number of carbonyl (C=O) groups is 1. The molecule has 142 valence electrons. The Morgan fingerprint density at radius 1 is 1.41 bits per heavy atom. The molecule has 0 aliphatic heterocycles. The van der Waals surface area contributed by atoms with Crippen molar-refractivity contribution in [3.63, 3.8) is 0 Å². The number of hydrogen-bond donors (Lipinski definition) is 2. The Morgan fingerprint density at radius 3 is 2.78 bits per heavy atom. The van der Waals surface area contributed by atoms with E-state index in [0.29, 0.717) is 13.0 Å². The molecule has 0 saturated heterocycles. The van der Waals surface area contributed by atoms with Crippen LogP contribution in [0, 0.1) is 5.41 Å². The Morgan fingerprint density at radius 2 is 2.15 bits per heavy atom. The lowest BCUT2D eigenvalue weighted by Gasteiger charge is -2.57. The third kappa shape index (κ3) is 2.86. The Bertz CT molecular complexity index is 947. The second-order valence-electron chi connectivity index (χ2n) is 7.59. The molecule has 1 aliphatic rings. The molecule has 4 rings (SSSR count). The number of hydrogen-bond acceptors (Lipinski definition) is 5. The average Bonchev–Trinajstić information content (AvgIpc) is 3.24. The number of nitrogens with one attached hydrogen (secondary N) is 1. The third-order valence-electron chi connectivity index (χ3n) is 5.77. The van der Waals surface area contributed by atoms with E-state index in [1.165, 1.54) is 0 Å². The summed E-state index contributed by atoms with van der Waals surface area (Å²) in [4.78, 5) is 18.4. The van der Waals surface area contributed by atoms with Gasteiger partial charge in [0.2, 0.25) is 5.91 Å². The van der Waals surface area contributed by atoms with Crippen molar-refractivity contribution in [2.24, 2.45) is 11.1 Å². The van der Waals surface area contributed by atoms with Crippen LogP contribution in [0.15, 0.2) is 42.0 Å². The van der Waals surface area contributed by atoms with E-state index in [4.69, 9.17) is 10.5 Å². The van der Waals surface area contributed by atoms with Crippen LogP contribution in [0.1, 0.15) is 27.2 Å². The van der Waals surface area contributed by atoms with E-state index in [-0.39, 0.29) is 12.0 Å². The molecule has 1 fully saturated rings. The van der Waals surface area contributed by atoms with Crippen LogP contribution in [0.5, 0.6) is 0 Å². The Hall–Kier alpha value is -2.22. The van der Waals surface area contributed by atoms with Crippen molar-refractivity contribution in [2.45, 2.75) is 38.8 Å². The highest BCUT2D eigenvalue weighted by atomic mass is 32.1. The maximum Gasteiger partial charge on any atom is 0.245 e. The van der Waals surface area contributed by atoms with E-state index in [2.05, 4.69) is 10.3 Å². The minimum atomic E-state index is -0.931. The summed E-state index contributed by atoms with van der Waals surface area (Å²) in [6.45, 7) is 6.56. The van der Waals surface area contributed by atoms with E-state index in [9.17, 15) is 4.79 Å². The van der Waals surface area contributed by atoms with Gasteiger partial charge in [-0.05, 0) is 19.1 Å². The fourth-order valence-electron chi connectivity index (χ4n) is 3.65. The quantitative estimate of drug-likeness (QED) is 0.705. The molecule has 2 heterocycles. The van der Waals surface area contributed by atoms with Gasteiger partial charge >= 0.3 is 0 Å². The molecule has 1 aliphatic carbocycles. The first-order chi connectivity index (χ1) is 12.8. The number of anilines is 1. The van der Waals surface area contributed by atoms with Gasteiger partial charge in [-0.15, -0.1) is 11.3 Å². The van der Waals surface area contributed by atoms with Gasteiger partial charge in [0.15, 0.2) is 4.96 Å². The van der Waals surface area contributed by atoms with E-state index in [1.54, 1.807) is 11.3 Å². The SMILES string of the molecule is CCOC1CC(N)(C(=O)Nc2ccc(-c3cn4ccsc4n3)cc2)C1(C)C. The molecule has 2 unspecified atom stereocenters. The summed E-state index contributed by atoms with van der Waals surface area (Å²) >= 11 is 1.60. The summed E-state index contributed by atoms with van der Waals surface area (Å²) in [5, 5.41) is 4.97. The van der Waals surface area contributed by atoms with Crippen LogP contribution >= 0.6 is 11.3 Å². The predicted molar refractivity (Wildman–Crippen MR) is 108 cm³/mol. The molecule has 1 aromatic carbocycles. The summed E-state index contributed by atoms with van der Waals surface area (Å²) in [7, 11) is 0. The molecule has 27 heavy (non-hydrogen) atoms.